The zero-order chi connectivity index (χ0) is 13.6. The van der Waals surface area contributed by atoms with Crippen molar-refractivity contribution in [1.82, 2.24) is 0 Å². The van der Waals surface area contributed by atoms with Crippen LogP contribution in [0.4, 0.5) is 0 Å². The predicted octanol–water partition coefficient (Wildman–Crippen LogP) is 2.14. The average molecular weight is 272 g/mol. The summed E-state index contributed by atoms with van der Waals surface area (Å²) in [5.41, 5.74) is 0.0924. The Morgan fingerprint density at radius 2 is 1.84 bits per heavy atom. The highest BCUT2D eigenvalue weighted by atomic mass is 16.5. The van der Waals surface area contributed by atoms with E-state index in [-0.39, 0.29) is 17.6 Å². The van der Waals surface area contributed by atoms with Gasteiger partial charge in [-0.05, 0) is 19.3 Å². The lowest BCUT2D eigenvalue weighted by atomic mass is 9.56. The molecular weight excluding hydrogens is 244 g/mol. The fourth-order valence-corrected chi connectivity index (χ4v) is 3.46. The normalized spacial score (nSPS) is 29.4. The number of hydrogen-bond donors (Lipinski definition) is 1. The van der Waals surface area contributed by atoms with E-state index in [1.807, 2.05) is 0 Å². The quantitative estimate of drug-likeness (QED) is 0.688. The van der Waals surface area contributed by atoms with Crippen molar-refractivity contribution in [1.29, 1.82) is 0 Å². The van der Waals surface area contributed by atoms with Crippen LogP contribution in [0.25, 0.3) is 0 Å². The summed E-state index contributed by atoms with van der Waals surface area (Å²) in [7, 11) is 1.68. The molecule has 0 aliphatic heterocycles. The summed E-state index contributed by atoms with van der Waals surface area (Å²) >= 11 is 0. The Balaban J connectivity index is 1.58. The van der Waals surface area contributed by atoms with Crippen molar-refractivity contribution >= 4 is 0 Å². The molecule has 1 spiro atoms. The van der Waals surface area contributed by atoms with Gasteiger partial charge in [0.15, 0.2) is 0 Å². The molecule has 2 aliphatic carbocycles. The highest BCUT2D eigenvalue weighted by Crippen LogP contribution is 2.53. The third-order valence-corrected chi connectivity index (χ3v) is 4.71. The van der Waals surface area contributed by atoms with Gasteiger partial charge >= 0.3 is 0 Å². The van der Waals surface area contributed by atoms with E-state index in [0.717, 1.165) is 38.9 Å². The second-order valence-corrected chi connectivity index (χ2v) is 5.86. The van der Waals surface area contributed by atoms with Crippen molar-refractivity contribution < 1.29 is 19.3 Å². The SMILES string of the molecule is COCCOCCCOC1CC(O)C12CCCCC2. The number of aliphatic hydroxyl groups is 1. The van der Waals surface area contributed by atoms with Crippen LogP contribution in [0.15, 0.2) is 0 Å². The standard InChI is InChI=1S/C15H28O4/c1-17-10-11-18-8-5-9-19-14-12-13(16)15(14)6-3-2-4-7-15/h13-14,16H,2-12H2,1H3. The zero-order valence-electron chi connectivity index (χ0n) is 12.1. The van der Waals surface area contributed by atoms with Gasteiger partial charge in [0.05, 0.1) is 25.4 Å². The second-order valence-electron chi connectivity index (χ2n) is 5.86. The summed E-state index contributed by atoms with van der Waals surface area (Å²) in [6, 6.07) is 0. The van der Waals surface area contributed by atoms with Crippen molar-refractivity contribution in [3.63, 3.8) is 0 Å². The molecule has 0 aromatic rings. The summed E-state index contributed by atoms with van der Waals surface area (Å²) in [6.45, 7) is 2.78. The van der Waals surface area contributed by atoms with E-state index in [9.17, 15) is 5.11 Å². The highest BCUT2D eigenvalue weighted by Gasteiger charge is 2.54. The number of hydrogen-bond acceptors (Lipinski definition) is 4. The van der Waals surface area contributed by atoms with Crippen molar-refractivity contribution in [2.45, 2.75) is 57.2 Å². The van der Waals surface area contributed by atoms with E-state index in [1.165, 1.54) is 19.3 Å². The van der Waals surface area contributed by atoms with Crippen LogP contribution in [0.5, 0.6) is 0 Å². The molecule has 19 heavy (non-hydrogen) atoms. The predicted molar refractivity (Wildman–Crippen MR) is 73.2 cm³/mol. The summed E-state index contributed by atoms with van der Waals surface area (Å²) < 4.78 is 16.3. The van der Waals surface area contributed by atoms with E-state index in [2.05, 4.69) is 0 Å². The first kappa shape index (κ1) is 15.2. The van der Waals surface area contributed by atoms with Crippen LogP contribution >= 0.6 is 0 Å². The van der Waals surface area contributed by atoms with E-state index >= 15 is 0 Å². The first-order chi connectivity index (χ1) is 9.29. The van der Waals surface area contributed by atoms with Crippen molar-refractivity contribution in [3.8, 4) is 0 Å². The minimum Gasteiger partial charge on any atom is -0.392 e. The molecule has 2 unspecified atom stereocenters. The lowest BCUT2D eigenvalue weighted by Gasteiger charge is -2.55. The molecule has 2 rings (SSSR count). The molecule has 2 aliphatic rings. The Morgan fingerprint density at radius 1 is 1.05 bits per heavy atom. The number of rotatable bonds is 8. The summed E-state index contributed by atoms with van der Waals surface area (Å²) in [5.74, 6) is 0. The average Bonchev–Trinajstić information content (AvgIpc) is 2.46. The molecule has 2 atom stereocenters. The molecule has 2 saturated carbocycles. The molecule has 0 radical (unpaired) electrons. The van der Waals surface area contributed by atoms with Gasteiger partial charge in [-0.3, -0.25) is 0 Å². The summed E-state index contributed by atoms with van der Waals surface area (Å²) in [4.78, 5) is 0. The number of methoxy groups -OCH3 is 1. The fourth-order valence-electron chi connectivity index (χ4n) is 3.46. The number of aliphatic hydroxyl groups excluding tert-OH is 1. The maximum Gasteiger partial charge on any atom is 0.0700 e. The lowest BCUT2D eigenvalue weighted by molar-refractivity contribution is -0.207. The molecule has 4 heteroatoms. The van der Waals surface area contributed by atoms with E-state index in [4.69, 9.17) is 14.2 Å². The molecule has 0 heterocycles. The van der Waals surface area contributed by atoms with Gasteiger partial charge in [0.1, 0.15) is 0 Å². The van der Waals surface area contributed by atoms with Crippen LogP contribution in [-0.2, 0) is 14.2 Å². The molecule has 2 fully saturated rings. The largest absolute Gasteiger partial charge is 0.392 e. The Hall–Kier alpha value is -0.160. The highest BCUT2D eigenvalue weighted by molar-refractivity contribution is 5.05. The Bertz CT molecular complexity index is 251. The van der Waals surface area contributed by atoms with Gasteiger partial charge in [-0.2, -0.15) is 0 Å². The molecule has 0 bridgehead atoms. The Labute approximate surface area is 116 Å². The number of ether oxygens (including phenoxy) is 3. The first-order valence-corrected chi connectivity index (χ1v) is 7.66. The van der Waals surface area contributed by atoms with Gasteiger partial charge in [0.25, 0.3) is 0 Å². The molecule has 112 valence electrons. The van der Waals surface area contributed by atoms with Crippen LogP contribution in [0.2, 0.25) is 0 Å². The van der Waals surface area contributed by atoms with Crippen LogP contribution in [0, 0.1) is 5.41 Å². The Morgan fingerprint density at radius 3 is 2.53 bits per heavy atom. The summed E-state index contributed by atoms with van der Waals surface area (Å²) in [6.07, 6.45) is 7.99. The maximum atomic E-state index is 10.1. The zero-order valence-corrected chi connectivity index (χ0v) is 12.1. The molecule has 0 saturated heterocycles. The monoisotopic (exact) mass is 272 g/mol. The van der Waals surface area contributed by atoms with Crippen LogP contribution in [-0.4, -0.2) is 50.9 Å². The van der Waals surface area contributed by atoms with E-state index < -0.39 is 0 Å². The van der Waals surface area contributed by atoms with Gasteiger partial charge in [-0.1, -0.05) is 19.3 Å². The molecule has 0 amide bonds. The van der Waals surface area contributed by atoms with Crippen molar-refractivity contribution in [2.75, 3.05) is 33.5 Å². The third kappa shape index (κ3) is 3.69. The maximum absolute atomic E-state index is 10.1. The van der Waals surface area contributed by atoms with Crippen molar-refractivity contribution in [2.24, 2.45) is 5.41 Å². The molecule has 0 aromatic heterocycles. The van der Waals surface area contributed by atoms with Gasteiger partial charge in [-0.25, -0.2) is 0 Å². The van der Waals surface area contributed by atoms with E-state index in [0.29, 0.717) is 13.2 Å². The lowest BCUT2D eigenvalue weighted by Crippen LogP contribution is -2.59. The van der Waals surface area contributed by atoms with Crippen LogP contribution in [0.1, 0.15) is 44.9 Å². The fraction of sp³-hybridized carbons (Fsp3) is 1.00. The topological polar surface area (TPSA) is 47.9 Å². The minimum atomic E-state index is -0.129. The molecule has 4 nitrogen and oxygen atoms in total. The Kier molecular flexibility index (Phi) is 6.07. The van der Waals surface area contributed by atoms with Gasteiger partial charge < -0.3 is 19.3 Å². The van der Waals surface area contributed by atoms with Crippen LogP contribution < -0.4 is 0 Å². The van der Waals surface area contributed by atoms with Gasteiger partial charge in [0.2, 0.25) is 0 Å². The third-order valence-electron chi connectivity index (χ3n) is 4.71. The molecule has 1 N–H and O–H groups in total. The second kappa shape index (κ2) is 7.58. The molecule has 0 aromatic carbocycles. The van der Waals surface area contributed by atoms with Crippen molar-refractivity contribution in [3.05, 3.63) is 0 Å². The summed E-state index contributed by atoms with van der Waals surface area (Å²) in [5, 5.41) is 10.1. The minimum absolute atomic E-state index is 0.0924. The first-order valence-electron chi connectivity index (χ1n) is 7.66. The van der Waals surface area contributed by atoms with Gasteiger partial charge in [0, 0.05) is 32.2 Å². The van der Waals surface area contributed by atoms with Gasteiger partial charge in [-0.15, -0.1) is 0 Å². The van der Waals surface area contributed by atoms with Crippen LogP contribution in [0.3, 0.4) is 0 Å². The van der Waals surface area contributed by atoms with E-state index in [1.54, 1.807) is 7.11 Å². The molecular formula is C15H28O4. The smallest absolute Gasteiger partial charge is 0.0700 e.